The molecule has 1 aromatic heterocycles. The van der Waals surface area contributed by atoms with E-state index >= 15 is 0 Å². The first-order chi connectivity index (χ1) is 14.0. The number of carbonyl (C=O) groups is 1. The molecule has 0 amide bonds. The number of Topliss-reactive ketones (excluding diaryl/α,β-unsaturated/α-hetero) is 1. The summed E-state index contributed by atoms with van der Waals surface area (Å²) in [6, 6.07) is 12.2. The summed E-state index contributed by atoms with van der Waals surface area (Å²) in [5.74, 6) is 1.33. The van der Waals surface area contributed by atoms with Crippen molar-refractivity contribution < 1.29 is 13.9 Å². The van der Waals surface area contributed by atoms with Crippen molar-refractivity contribution in [2.75, 3.05) is 5.75 Å². The van der Waals surface area contributed by atoms with Crippen molar-refractivity contribution >= 4 is 28.9 Å². The molecule has 2 aromatic carbocycles. The van der Waals surface area contributed by atoms with Crippen molar-refractivity contribution in [3.8, 4) is 5.75 Å². The zero-order valence-electron chi connectivity index (χ0n) is 16.1. The number of carbonyl (C=O) groups excluding carboxylic acids is 1. The van der Waals surface area contributed by atoms with Gasteiger partial charge < -0.3 is 9.30 Å². The van der Waals surface area contributed by atoms with Gasteiger partial charge in [-0.2, -0.15) is 0 Å². The number of aromatic nitrogens is 3. The molecule has 1 aliphatic rings. The summed E-state index contributed by atoms with van der Waals surface area (Å²) in [7, 11) is 1.86. The number of hydrogen-bond acceptors (Lipinski definition) is 6. The van der Waals surface area contributed by atoms with E-state index in [0.29, 0.717) is 34.6 Å². The highest BCUT2D eigenvalue weighted by atomic mass is 32.2. The Kier molecular flexibility index (Phi) is 5.44. The Labute approximate surface area is 171 Å². The second-order valence-electron chi connectivity index (χ2n) is 6.71. The van der Waals surface area contributed by atoms with E-state index in [4.69, 9.17) is 4.74 Å². The first-order valence-corrected chi connectivity index (χ1v) is 10.1. The number of halogens is 1. The fraction of sp³-hybridized carbons (Fsp3) is 0.238. The second kappa shape index (κ2) is 8.16. The van der Waals surface area contributed by atoms with Gasteiger partial charge in [-0.3, -0.25) is 9.79 Å². The average Bonchev–Trinajstić information content (AvgIpc) is 3.06. The van der Waals surface area contributed by atoms with Crippen molar-refractivity contribution in [2.24, 2.45) is 12.0 Å². The molecule has 2 heterocycles. The number of aryl methyl sites for hydroxylation is 1. The molecule has 0 saturated heterocycles. The number of rotatable bonds is 6. The van der Waals surface area contributed by atoms with Crippen LogP contribution in [-0.4, -0.2) is 32.0 Å². The van der Waals surface area contributed by atoms with Crippen LogP contribution in [0.4, 0.5) is 10.1 Å². The van der Waals surface area contributed by atoms with Gasteiger partial charge in [0.2, 0.25) is 0 Å². The number of thioether (sulfide) groups is 1. The molecule has 0 saturated carbocycles. The highest BCUT2D eigenvalue weighted by Gasteiger charge is 2.23. The van der Waals surface area contributed by atoms with Crippen LogP contribution in [0, 0.1) is 12.7 Å². The molecule has 0 N–H and O–H groups in total. The van der Waals surface area contributed by atoms with Gasteiger partial charge in [-0.05, 0) is 30.7 Å². The number of hydrogen-bond donors (Lipinski definition) is 0. The third kappa shape index (κ3) is 4.07. The van der Waals surface area contributed by atoms with E-state index in [-0.39, 0.29) is 17.9 Å². The Hall–Kier alpha value is -3.00. The molecule has 0 unspecified atom stereocenters. The monoisotopic (exact) mass is 410 g/mol. The van der Waals surface area contributed by atoms with E-state index in [1.54, 1.807) is 6.07 Å². The molecule has 4 rings (SSSR count). The fourth-order valence-corrected chi connectivity index (χ4v) is 3.88. The van der Waals surface area contributed by atoms with Gasteiger partial charge in [-0.25, -0.2) is 4.39 Å². The average molecular weight is 410 g/mol. The predicted molar refractivity (Wildman–Crippen MR) is 110 cm³/mol. The third-order valence-electron chi connectivity index (χ3n) is 4.67. The van der Waals surface area contributed by atoms with Crippen LogP contribution in [-0.2, 0) is 13.7 Å². The maximum atomic E-state index is 14.0. The molecule has 0 atom stereocenters. The number of fused-ring (bicyclic) bond motifs is 1. The molecule has 148 valence electrons. The van der Waals surface area contributed by atoms with E-state index in [9.17, 15) is 9.18 Å². The molecule has 0 spiro atoms. The second-order valence-corrected chi connectivity index (χ2v) is 7.66. The number of aliphatic imine (C=N–C) groups is 1. The van der Waals surface area contributed by atoms with E-state index < -0.39 is 5.82 Å². The minimum absolute atomic E-state index is 0.115. The molecule has 8 heteroatoms. The topological polar surface area (TPSA) is 69.4 Å². The minimum Gasteiger partial charge on any atom is -0.485 e. The molecular weight excluding hydrogens is 391 g/mol. The fourth-order valence-electron chi connectivity index (χ4n) is 3.02. The highest BCUT2D eigenvalue weighted by molar-refractivity contribution is 7.99. The van der Waals surface area contributed by atoms with Gasteiger partial charge >= 0.3 is 0 Å². The standard InChI is InChI=1S/C21H19FN4O2S/c1-13-6-3-4-9-18(13)28-11-19-24-25-21(26(19)2)29-12-14-10-17(27)15-7-5-8-16(22)20(15)23-14/h3-9H,10-12H2,1-2H3. The largest absolute Gasteiger partial charge is 0.485 e. The maximum absolute atomic E-state index is 14.0. The van der Waals surface area contributed by atoms with Gasteiger partial charge in [0.15, 0.2) is 16.8 Å². The third-order valence-corrected chi connectivity index (χ3v) is 5.76. The van der Waals surface area contributed by atoms with Crippen LogP contribution < -0.4 is 4.74 Å². The lowest BCUT2D eigenvalue weighted by Gasteiger charge is -2.14. The smallest absolute Gasteiger partial charge is 0.191 e. The number of ketones is 1. The van der Waals surface area contributed by atoms with E-state index in [1.807, 2.05) is 42.8 Å². The van der Waals surface area contributed by atoms with Crippen LogP contribution in [0.15, 0.2) is 52.6 Å². The lowest BCUT2D eigenvalue weighted by atomic mass is 10.0. The summed E-state index contributed by atoms with van der Waals surface area (Å²) < 4.78 is 21.7. The van der Waals surface area contributed by atoms with Crippen molar-refractivity contribution in [1.82, 2.24) is 14.8 Å². The lowest BCUT2D eigenvalue weighted by Crippen LogP contribution is -2.16. The summed E-state index contributed by atoms with van der Waals surface area (Å²) in [6.45, 7) is 2.29. The predicted octanol–water partition coefficient (Wildman–Crippen LogP) is 4.29. The Balaban J connectivity index is 1.43. The molecule has 6 nitrogen and oxygen atoms in total. The summed E-state index contributed by atoms with van der Waals surface area (Å²) >= 11 is 1.41. The van der Waals surface area contributed by atoms with Gasteiger partial charge in [-0.15, -0.1) is 10.2 Å². The number of para-hydroxylation sites is 2. The number of ether oxygens (including phenoxy) is 1. The van der Waals surface area contributed by atoms with Crippen LogP contribution in [0.3, 0.4) is 0 Å². The zero-order valence-corrected chi connectivity index (χ0v) is 16.9. The van der Waals surface area contributed by atoms with Crippen molar-refractivity contribution in [3.05, 3.63) is 65.2 Å². The lowest BCUT2D eigenvalue weighted by molar-refractivity contribution is 0.0999. The maximum Gasteiger partial charge on any atom is 0.191 e. The molecule has 0 radical (unpaired) electrons. The van der Waals surface area contributed by atoms with Gasteiger partial charge in [0.25, 0.3) is 0 Å². The molecular formula is C21H19FN4O2S. The number of benzene rings is 2. The van der Waals surface area contributed by atoms with Crippen LogP contribution in [0.1, 0.15) is 28.2 Å². The minimum atomic E-state index is -0.479. The zero-order chi connectivity index (χ0) is 20.4. The van der Waals surface area contributed by atoms with E-state index in [2.05, 4.69) is 15.2 Å². The quantitative estimate of drug-likeness (QED) is 0.567. The van der Waals surface area contributed by atoms with Gasteiger partial charge in [0, 0.05) is 24.1 Å². The Morgan fingerprint density at radius 3 is 2.83 bits per heavy atom. The molecule has 1 aliphatic heterocycles. The van der Waals surface area contributed by atoms with Crippen LogP contribution in [0.5, 0.6) is 5.75 Å². The molecule has 0 aliphatic carbocycles. The normalized spacial score (nSPS) is 13.2. The Morgan fingerprint density at radius 2 is 2.00 bits per heavy atom. The first-order valence-electron chi connectivity index (χ1n) is 9.10. The Bertz CT molecular complexity index is 1110. The summed E-state index contributed by atoms with van der Waals surface area (Å²) in [6.07, 6.45) is 0.185. The molecule has 0 bridgehead atoms. The summed E-state index contributed by atoms with van der Waals surface area (Å²) in [5, 5.41) is 9.07. The van der Waals surface area contributed by atoms with Crippen molar-refractivity contribution in [2.45, 2.75) is 25.1 Å². The molecule has 29 heavy (non-hydrogen) atoms. The van der Waals surface area contributed by atoms with Gasteiger partial charge in [0.1, 0.15) is 23.9 Å². The van der Waals surface area contributed by atoms with Gasteiger partial charge in [0.05, 0.1) is 6.42 Å². The first kappa shape index (κ1) is 19.3. The van der Waals surface area contributed by atoms with Crippen LogP contribution in [0.2, 0.25) is 0 Å². The molecule has 3 aromatic rings. The molecule has 0 fully saturated rings. The number of nitrogens with zero attached hydrogens (tertiary/aromatic N) is 4. The van der Waals surface area contributed by atoms with E-state index in [0.717, 1.165) is 11.3 Å². The SMILES string of the molecule is Cc1ccccc1OCc1nnc(SCC2=Nc3c(F)cccc3C(=O)C2)n1C. The van der Waals surface area contributed by atoms with Crippen LogP contribution in [0.25, 0.3) is 0 Å². The Morgan fingerprint density at radius 1 is 1.17 bits per heavy atom. The summed E-state index contributed by atoms with van der Waals surface area (Å²) in [5.41, 5.74) is 2.15. The highest BCUT2D eigenvalue weighted by Crippen LogP contribution is 2.30. The van der Waals surface area contributed by atoms with Gasteiger partial charge in [-0.1, -0.05) is 36.0 Å². The van der Waals surface area contributed by atoms with Crippen molar-refractivity contribution in [1.29, 1.82) is 0 Å². The van der Waals surface area contributed by atoms with E-state index in [1.165, 1.54) is 23.9 Å². The summed E-state index contributed by atoms with van der Waals surface area (Å²) in [4.78, 5) is 16.6. The van der Waals surface area contributed by atoms with Crippen molar-refractivity contribution in [3.63, 3.8) is 0 Å². The van der Waals surface area contributed by atoms with Crippen LogP contribution >= 0.6 is 11.8 Å².